The minimum atomic E-state index is 0.223. The molecule has 1 atom stereocenters. The summed E-state index contributed by atoms with van der Waals surface area (Å²) in [6, 6.07) is 0.498. The van der Waals surface area contributed by atoms with Crippen molar-refractivity contribution in [3.05, 3.63) is 11.9 Å². The molecule has 120 valence electrons. The van der Waals surface area contributed by atoms with Crippen LogP contribution in [0.4, 0.5) is 0 Å². The van der Waals surface area contributed by atoms with Gasteiger partial charge in [-0.2, -0.15) is 0 Å². The van der Waals surface area contributed by atoms with E-state index in [1.54, 1.807) is 0 Å². The van der Waals surface area contributed by atoms with Gasteiger partial charge in [0.15, 0.2) is 0 Å². The highest BCUT2D eigenvalue weighted by Gasteiger charge is 2.22. The molecule has 0 aromatic carbocycles. The Balaban J connectivity index is 1.76. The first-order valence-corrected chi connectivity index (χ1v) is 8.46. The van der Waals surface area contributed by atoms with Crippen LogP contribution in [0.15, 0.2) is 6.20 Å². The zero-order chi connectivity index (χ0) is 15.1. The molecule has 1 unspecified atom stereocenters. The highest BCUT2D eigenvalue weighted by Crippen LogP contribution is 2.23. The van der Waals surface area contributed by atoms with Gasteiger partial charge < -0.3 is 10.0 Å². The standard InChI is InChI=1S/C16H30N4O/c1-3-5-14(2)12-19-9-7-16(8-10-19)20-13-15(17-18-20)6-4-11-21/h13-14,16,21H,3-12H2,1-2H3. The number of aliphatic hydroxyl groups excluding tert-OH is 1. The van der Waals surface area contributed by atoms with Crippen LogP contribution < -0.4 is 0 Å². The van der Waals surface area contributed by atoms with Crippen LogP contribution in [0.2, 0.25) is 0 Å². The number of hydrogen-bond donors (Lipinski definition) is 1. The lowest BCUT2D eigenvalue weighted by Crippen LogP contribution is -2.37. The van der Waals surface area contributed by atoms with Crippen molar-refractivity contribution in [3.63, 3.8) is 0 Å². The quantitative estimate of drug-likeness (QED) is 0.799. The molecule has 0 aliphatic carbocycles. The average Bonchev–Trinajstić information content (AvgIpc) is 2.95. The zero-order valence-corrected chi connectivity index (χ0v) is 13.5. The molecule has 0 bridgehead atoms. The topological polar surface area (TPSA) is 54.2 Å². The average molecular weight is 294 g/mol. The van der Waals surface area contributed by atoms with Crippen molar-refractivity contribution < 1.29 is 5.11 Å². The third kappa shape index (κ3) is 5.08. The van der Waals surface area contributed by atoms with E-state index in [9.17, 15) is 0 Å². The van der Waals surface area contributed by atoms with E-state index in [0.717, 1.165) is 24.5 Å². The van der Waals surface area contributed by atoms with Gasteiger partial charge in [-0.05, 0) is 38.0 Å². The lowest BCUT2D eigenvalue weighted by molar-refractivity contribution is 0.157. The molecule has 0 amide bonds. The molecular formula is C16H30N4O. The van der Waals surface area contributed by atoms with E-state index in [0.29, 0.717) is 6.04 Å². The van der Waals surface area contributed by atoms with E-state index in [-0.39, 0.29) is 6.61 Å². The van der Waals surface area contributed by atoms with E-state index >= 15 is 0 Å². The fraction of sp³-hybridized carbons (Fsp3) is 0.875. The predicted molar refractivity (Wildman–Crippen MR) is 84.2 cm³/mol. The molecule has 1 aromatic rings. The van der Waals surface area contributed by atoms with Crippen molar-refractivity contribution in [2.45, 2.75) is 58.4 Å². The molecule has 5 nitrogen and oxygen atoms in total. The second kappa shape index (κ2) is 8.49. The predicted octanol–water partition coefficient (Wildman–Crippen LogP) is 2.28. The molecule has 2 rings (SSSR count). The molecule has 2 heterocycles. The summed E-state index contributed by atoms with van der Waals surface area (Å²) >= 11 is 0. The lowest BCUT2D eigenvalue weighted by atomic mass is 10.0. The van der Waals surface area contributed by atoms with Crippen molar-refractivity contribution >= 4 is 0 Å². The second-order valence-electron chi connectivity index (χ2n) is 6.44. The summed E-state index contributed by atoms with van der Waals surface area (Å²) < 4.78 is 2.04. The maximum atomic E-state index is 8.86. The molecule has 0 saturated carbocycles. The molecule has 1 fully saturated rings. The number of aromatic nitrogens is 3. The van der Waals surface area contributed by atoms with Gasteiger partial charge in [-0.25, -0.2) is 4.68 Å². The lowest BCUT2D eigenvalue weighted by Gasteiger charge is -2.33. The van der Waals surface area contributed by atoms with Crippen LogP contribution >= 0.6 is 0 Å². The van der Waals surface area contributed by atoms with Gasteiger partial charge in [0.1, 0.15) is 0 Å². The van der Waals surface area contributed by atoms with Crippen LogP contribution in [0.1, 0.15) is 57.7 Å². The van der Waals surface area contributed by atoms with Crippen LogP contribution in [0.5, 0.6) is 0 Å². The largest absolute Gasteiger partial charge is 0.396 e. The Kier molecular flexibility index (Phi) is 6.64. The van der Waals surface area contributed by atoms with Gasteiger partial charge in [0, 0.05) is 32.4 Å². The first-order chi connectivity index (χ1) is 10.2. The van der Waals surface area contributed by atoms with E-state index in [2.05, 4.69) is 35.3 Å². The van der Waals surface area contributed by atoms with E-state index in [4.69, 9.17) is 5.11 Å². The SMILES string of the molecule is CCCC(C)CN1CCC(n2cc(CCCO)nn2)CC1. The number of rotatable bonds is 8. The Labute approximate surface area is 128 Å². The Morgan fingerprint density at radius 3 is 2.81 bits per heavy atom. The van der Waals surface area contributed by atoms with Gasteiger partial charge in [-0.15, -0.1) is 5.10 Å². The maximum Gasteiger partial charge on any atom is 0.0828 e. The van der Waals surface area contributed by atoms with E-state index < -0.39 is 0 Å². The second-order valence-corrected chi connectivity index (χ2v) is 6.44. The summed E-state index contributed by atoms with van der Waals surface area (Å²) in [6.45, 7) is 8.43. The molecule has 0 spiro atoms. The monoisotopic (exact) mass is 294 g/mol. The number of nitrogens with zero attached hydrogens (tertiary/aromatic N) is 4. The van der Waals surface area contributed by atoms with Crippen molar-refractivity contribution in [1.29, 1.82) is 0 Å². The number of aliphatic hydroxyl groups is 1. The van der Waals surface area contributed by atoms with Gasteiger partial charge in [0.2, 0.25) is 0 Å². The van der Waals surface area contributed by atoms with Gasteiger partial charge >= 0.3 is 0 Å². The van der Waals surface area contributed by atoms with Crippen LogP contribution in [0.25, 0.3) is 0 Å². The molecule has 1 saturated heterocycles. The van der Waals surface area contributed by atoms with Crippen molar-refractivity contribution in [1.82, 2.24) is 19.9 Å². The van der Waals surface area contributed by atoms with Crippen molar-refractivity contribution in [2.75, 3.05) is 26.2 Å². The van der Waals surface area contributed by atoms with Crippen LogP contribution in [0, 0.1) is 5.92 Å². The van der Waals surface area contributed by atoms with Gasteiger partial charge in [0.25, 0.3) is 0 Å². The molecule has 1 aliphatic rings. The van der Waals surface area contributed by atoms with Crippen LogP contribution in [-0.4, -0.2) is 51.2 Å². The molecule has 5 heteroatoms. The van der Waals surface area contributed by atoms with Gasteiger partial charge in [0.05, 0.1) is 11.7 Å². The van der Waals surface area contributed by atoms with Crippen LogP contribution in [0.3, 0.4) is 0 Å². The first kappa shape index (κ1) is 16.4. The minimum Gasteiger partial charge on any atom is -0.396 e. The summed E-state index contributed by atoms with van der Waals surface area (Å²) in [7, 11) is 0. The number of piperidine rings is 1. The molecule has 0 radical (unpaired) electrons. The van der Waals surface area contributed by atoms with Gasteiger partial charge in [-0.3, -0.25) is 0 Å². The van der Waals surface area contributed by atoms with Crippen LogP contribution in [-0.2, 0) is 6.42 Å². The molecular weight excluding hydrogens is 264 g/mol. The Morgan fingerprint density at radius 2 is 2.14 bits per heavy atom. The number of aryl methyl sites for hydroxylation is 1. The van der Waals surface area contributed by atoms with Crippen molar-refractivity contribution in [2.24, 2.45) is 5.92 Å². The molecule has 21 heavy (non-hydrogen) atoms. The van der Waals surface area contributed by atoms with Crippen molar-refractivity contribution in [3.8, 4) is 0 Å². The Hall–Kier alpha value is -0.940. The number of likely N-dealkylation sites (tertiary alicyclic amines) is 1. The fourth-order valence-corrected chi connectivity index (χ4v) is 3.26. The highest BCUT2D eigenvalue weighted by atomic mass is 16.2. The molecule has 1 aromatic heterocycles. The smallest absolute Gasteiger partial charge is 0.0828 e. The summed E-state index contributed by atoms with van der Waals surface area (Å²) in [5, 5.41) is 17.3. The van der Waals surface area contributed by atoms with E-state index in [1.807, 2.05) is 4.68 Å². The Bertz CT molecular complexity index is 399. The summed E-state index contributed by atoms with van der Waals surface area (Å²) in [5.41, 5.74) is 1.00. The summed E-state index contributed by atoms with van der Waals surface area (Å²) in [4.78, 5) is 2.60. The highest BCUT2D eigenvalue weighted by molar-refractivity contribution is 4.94. The molecule has 1 aliphatic heterocycles. The normalized spacial score (nSPS) is 19.0. The fourth-order valence-electron chi connectivity index (χ4n) is 3.26. The number of hydrogen-bond acceptors (Lipinski definition) is 4. The zero-order valence-electron chi connectivity index (χ0n) is 13.5. The Morgan fingerprint density at radius 1 is 1.38 bits per heavy atom. The minimum absolute atomic E-state index is 0.223. The first-order valence-electron chi connectivity index (χ1n) is 8.46. The van der Waals surface area contributed by atoms with Gasteiger partial charge in [-0.1, -0.05) is 25.5 Å². The summed E-state index contributed by atoms with van der Waals surface area (Å²) in [5.74, 6) is 0.808. The third-order valence-corrected chi connectivity index (χ3v) is 4.43. The van der Waals surface area contributed by atoms with E-state index in [1.165, 1.54) is 45.3 Å². The summed E-state index contributed by atoms with van der Waals surface area (Å²) in [6.07, 6.45) is 8.61. The maximum absolute atomic E-state index is 8.86. The molecule has 1 N–H and O–H groups in total. The third-order valence-electron chi connectivity index (χ3n) is 4.43.